The minimum absolute atomic E-state index is 0.0912. The van der Waals surface area contributed by atoms with E-state index < -0.39 is 0 Å². The molecule has 4 N–H and O–H groups in total. The third-order valence-corrected chi connectivity index (χ3v) is 2.77. The van der Waals surface area contributed by atoms with Crippen LogP contribution in [0.25, 0.3) is 0 Å². The Labute approximate surface area is 118 Å². The molecule has 0 saturated carbocycles. The van der Waals surface area contributed by atoms with Crippen molar-refractivity contribution >= 4 is 0 Å². The van der Waals surface area contributed by atoms with Gasteiger partial charge in [-0.1, -0.05) is 39.5 Å². The van der Waals surface area contributed by atoms with E-state index in [0.29, 0.717) is 25.6 Å². The Bertz CT molecular complexity index is 143. The van der Waals surface area contributed by atoms with Gasteiger partial charge in [0.1, 0.15) is 0 Å². The van der Waals surface area contributed by atoms with Gasteiger partial charge in [0.2, 0.25) is 0 Å². The molecule has 0 rings (SSSR count). The normalized spacial score (nSPS) is 12.2. The number of hydrogen-bond acceptors (Lipinski definition) is 4. The molecule has 0 aliphatic heterocycles. The molecule has 4 heteroatoms. The Morgan fingerprint density at radius 3 is 1.42 bits per heavy atom. The van der Waals surface area contributed by atoms with Gasteiger partial charge in [-0.05, 0) is 31.6 Å². The molecule has 0 aliphatic rings. The minimum atomic E-state index is -0.310. The van der Waals surface area contributed by atoms with Crippen molar-refractivity contribution in [1.29, 1.82) is 0 Å². The summed E-state index contributed by atoms with van der Waals surface area (Å²) in [7, 11) is 0. The van der Waals surface area contributed by atoms with E-state index in [4.69, 9.17) is 20.4 Å². The van der Waals surface area contributed by atoms with Crippen LogP contribution in [0.3, 0.4) is 0 Å². The van der Waals surface area contributed by atoms with Crippen molar-refractivity contribution in [3.05, 3.63) is 0 Å². The standard InChI is InChI=1S/C8H18O2.C7H16O2/c9-7-5-3-1-2-4-6-8-10;1-6(2)5-7(9)3-4-8/h9-10H,1-8H2;6-9H,3-5H2,1-2H3. The van der Waals surface area contributed by atoms with E-state index in [1.54, 1.807) is 0 Å². The quantitative estimate of drug-likeness (QED) is 0.436. The molecule has 4 nitrogen and oxygen atoms in total. The van der Waals surface area contributed by atoms with E-state index in [9.17, 15) is 0 Å². The van der Waals surface area contributed by atoms with Gasteiger partial charge >= 0.3 is 0 Å². The molecule has 0 aromatic heterocycles. The van der Waals surface area contributed by atoms with Crippen molar-refractivity contribution in [2.45, 2.75) is 71.3 Å². The van der Waals surface area contributed by atoms with E-state index in [-0.39, 0.29) is 12.7 Å². The van der Waals surface area contributed by atoms with Crippen LogP contribution in [0.5, 0.6) is 0 Å². The third-order valence-electron chi connectivity index (χ3n) is 2.77. The SMILES string of the molecule is CC(C)CC(O)CCO.OCCCCCCCCO. The Kier molecular flexibility index (Phi) is 19.9. The fraction of sp³-hybridized carbons (Fsp3) is 1.00. The molecule has 19 heavy (non-hydrogen) atoms. The van der Waals surface area contributed by atoms with Crippen LogP contribution in [0.1, 0.15) is 65.2 Å². The molecule has 0 aliphatic carbocycles. The Hall–Kier alpha value is -0.160. The summed E-state index contributed by atoms with van der Waals surface area (Å²) in [6.45, 7) is 4.84. The smallest absolute Gasteiger partial charge is 0.0564 e. The van der Waals surface area contributed by atoms with E-state index in [1.165, 1.54) is 12.8 Å². The molecule has 0 bridgehead atoms. The molecule has 1 atom stereocenters. The highest BCUT2D eigenvalue weighted by molar-refractivity contribution is 4.56. The second-order valence-corrected chi connectivity index (χ2v) is 5.36. The minimum Gasteiger partial charge on any atom is -0.396 e. The lowest BCUT2D eigenvalue weighted by Crippen LogP contribution is -2.11. The van der Waals surface area contributed by atoms with Gasteiger partial charge in [0.15, 0.2) is 0 Å². The van der Waals surface area contributed by atoms with Gasteiger partial charge in [-0.3, -0.25) is 0 Å². The highest BCUT2D eigenvalue weighted by atomic mass is 16.3. The zero-order valence-electron chi connectivity index (χ0n) is 12.7. The summed E-state index contributed by atoms with van der Waals surface area (Å²) in [5.74, 6) is 0.520. The number of aliphatic hydroxyl groups excluding tert-OH is 4. The van der Waals surface area contributed by atoms with Gasteiger partial charge in [-0.25, -0.2) is 0 Å². The maximum atomic E-state index is 9.06. The van der Waals surface area contributed by atoms with Crippen molar-refractivity contribution in [1.82, 2.24) is 0 Å². The first-order valence-corrected chi connectivity index (χ1v) is 7.59. The van der Waals surface area contributed by atoms with E-state index in [2.05, 4.69) is 13.8 Å². The molecule has 0 aromatic rings. The summed E-state index contributed by atoms with van der Waals surface area (Å²) in [6, 6.07) is 0. The zero-order valence-corrected chi connectivity index (χ0v) is 12.7. The zero-order chi connectivity index (χ0) is 14.9. The maximum absolute atomic E-state index is 9.06. The predicted octanol–water partition coefficient (Wildman–Crippen LogP) is 2.09. The second kappa shape index (κ2) is 17.8. The molecule has 0 fully saturated rings. The number of aliphatic hydroxyl groups is 4. The fourth-order valence-corrected chi connectivity index (χ4v) is 1.74. The molecule has 1 unspecified atom stereocenters. The number of rotatable bonds is 11. The summed E-state index contributed by atoms with van der Waals surface area (Å²) in [6.07, 6.45) is 7.50. The van der Waals surface area contributed by atoms with Crippen LogP contribution in [0.15, 0.2) is 0 Å². The highest BCUT2D eigenvalue weighted by Crippen LogP contribution is 2.06. The molecule has 0 amide bonds. The fourth-order valence-electron chi connectivity index (χ4n) is 1.74. The molecule has 0 heterocycles. The second-order valence-electron chi connectivity index (χ2n) is 5.36. The molecule has 0 radical (unpaired) electrons. The van der Waals surface area contributed by atoms with Crippen LogP contribution >= 0.6 is 0 Å². The molecule has 118 valence electrons. The van der Waals surface area contributed by atoms with Crippen LogP contribution in [-0.2, 0) is 0 Å². The van der Waals surface area contributed by atoms with Crippen molar-refractivity contribution in [3.8, 4) is 0 Å². The highest BCUT2D eigenvalue weighted by Gasteiger charge is 2.04. The van der Waals surface area contributed by atoms with Gasteiger partial charge in [-0.2, -0.15) is 0 Å². The summed E-state index contributed by atoms with van der Waals surface area (Å²) >= 11 is 0. The lowest BCUT2D eigenvalue weighted by atomic mass is 10.0. The van der Waals surface area contributed by atoms with Crippen molar-refractivity contribution in [2.75, 3.05) is 19.8 Å². The molecular weight excluding hydrogens is 244 g/mol. The maximum Gasteiger partial charge on any atom is 0.0564 e. The monoisotopic (exact) mass is 278 g/mol. The van der Waals surface area contributed by atoms with Crippen molar-refractivity contribution in [2.24, 2.45) is 5.92 Å². The predicted molar refractivity (Wildman–Crippen MR) is 79.0 cm³/mol. The number of unbranched alkanes of at least 4 members (excludes halogenated alkanes) is 5. The van der Waals surface area contributed by atoms with Crippen LogP contribution in [-0.4, -0.2) is 46.4 Å². The summed E-state index contributed by atoms with van der Waals surface area (Å²) in [5.41, 5.74) is 0. The molecule has 0 spiro atoms. The van der Waals surface area contributed by atoms with Crippen molar-refractivity contribution < 1.29 is 20.4 Å². The topological polar surface area (TPSA) is 80.9 Å². The molecular formula is C15H34O4. The van der Waals surface area contributed by atoms with Crippen LogP contribution < -0.4 is 0 Å². The van der Waals surface area contributed by atoms with Gasteiger partial charge in [0.25, 0.3) is 0 Å². The third kappa shape index (κ3) is 23.4. The summed E-state index contributed by atoms with van der Waals surface area (Å²) < 4.78 is 0. The largest absolute Gasteiger partial charge is 0.396 e. The first-order valence-electron chi connectivity index (χ1n) is 7.59. The first kappa shape index (κ1) is 21.1. The van der Waals surface area contributed by atoms with Gasteiger partial charge in [-0.15, -0.1) is 0 Å². The molecule has 0 saturated heterocycles. The Morgan fingerprint density at radius 1 is 0.684 bits per heavy atom. The average Bonchev–Trinajstić information content (AvgIpc) is 2.34. The van der Waals surface area contributed by atoms with E-state index >= 15 is 0 Å². The Balaban J connectivity index is 0. The van der Waals surface area contributed by atoms with Crippen LogP contribution in [0, 0.1) is 5.92 Å². The van der Waals surface area contributed by atoms with Gasteiger partial charge in [0.05, 0.1) is 6.10 Å². The van der Waals surface area contributed by atoms with E-state index in [1.807, 2.05) is 0 Å². The van der Waals surface area contributed by atoms with Crippen molar-refractivity contribution in [3.63, 3.8) is 0 Å². The molecule has 0 aromatic carbocycles. The first-order chi connectivity index (χ1) is 9.08. The van der Waals surface area contributed by atoms with Gasteiger partial charge in [0, 0.05) is 19.8 Å². The summed E-state index contributed by atoms with van der Waals surface area (Å²) in [4.78, 5) is 0. The average molecular weight is 278 g/mol. The lowest BCUT2D eigenvalue weighted by Gasteiger charge is -2.10. The van der Waals surface area contributed by atoms with Gasteiger partial charge < -0.3 is 20.4 Å². The summed E-state index contributed by atoms with van der Waals surface area (Å²) in [5, 5.41) is 34.3. The Morgan fingerprint density at radius 2 is 1.11 bits per heavy atom. The number of hydrogen-bond donors (Lipinski definition) is 4. The van der Waals surface area contributed by atoms with Crippen LogP contribution in [0.4, 0.5) is 0 Å². The lowest BCUT2D eigenvalue weighted by molar-refractivity contribution is 0.113. The van der Waals surface area contributed by atoms with Crippen LogP contribution in [0.2, 0.25) is 0 Å². The van der Waals surface area contributed by atoms with E-state index in [0.717, 1.165) is 32.1 Å².